The van der Waals surface area contributed by atoms with Gasteiger partial charge in [-0.2, -0.15) is 43.9 Å². The molecule has 0 heterocycles. The van der Waals surface area contributed by atoms with Crippen molar-refractivity contribution < 1.29 is 48.3 Å². The second-order valence-electron chi connectivity index (χ2n) is 2.72. The van der Waals surface area contributed by atoms with Crippen LogP contribution in [0.25, 0.3) is 0 Å². The summed E-state index contributed by atoms with van der Waals surface area (Å²) in [6.45, 7) is -2.28. The molecular formula is C6HF11. The molecule has 0 unspecified atom stereocenters. The van der Waals surface area contributed by atoms with Gasteiger partial charge in [-0.1, -0.05) is 0 Å². The summed E-state index contributed by atoms with van der Waals surface area (Å²) < 4.78 is 131. The third kappa shape index (κ3) is 2.15. The summed E-state index contributed by atoms with van der Waals surface area (Å²) in [5.74, 6) is -27.4. The van der Waals surface area contributed by atoms with E-state index >= 15 is 0 Å². The fourth-order valence-corrected chi connectivity index (χ4v) is 0.594. The maximum atomic E-state index is 12.2. The first-order valence-electron chi connectivity index (χ1n) is 3.40. The molecule has 2 radical (unpaired) electrons. The number of halogens is 11. The zero-order valence-corrected chi connectivity index (χ0v) is 7.23. The Balaban J connectivity index is 5.61. The predicted molar refractivity (Wildman–Crippen MR) is 30.7 cm³/mol. The highest BCUT2D eigenvalue weighted by Crippen LogP contribution is 2.56. The zero-order valence-electron chi connectivity index (χ0n) is 7.23. The summed E-state index contributed by atoms with van der Waals surface area (Å²) in [6, 6.07) is 0. The first kappa shape index (κ1) is 16.2. The Bertz CT molecular complexity index is 267. The number of hydrogen-bond acceptors (Lipinski definition) is 0. The van der Waals surface area contributed by atoms with Gasteiger partial charge in [0.1, 0.15) is 0 Å². The van der Waals surface area contributed by atoms with Crippen molar-refractivity contribution in [3.8, 4) is 0 Å². The van der Waals surface area contributed by atoms with Gasteiger partial charge in [0.15, 0.2) is 0 Å². The average molecular weight is 282 g/mol. The first-order valence-corrected chi connectivity index (χ1v) is 3.40. The van der Waals surface area contributed by atoms with E-state index < -0.39 is 36.8 Å². The van der Waals surface area contributed by atoms with Crippen molar-refractivity contribution in [2.24, 2.45) is 0 Å². The first-order chi connectivity index (χ1) is 7.25. The van der Waals surface area contributed by atoms with Gasteiger partial charge in [0.2, 0.25) is 6.67 Å². The maximum absolute atomic E-state index is 12.2. The molecule has 0 spiro atoms. The normalized spacial score (nSPS) is 15.5. The highest BCUT2D eigenvalue weighted by molar-refractivity contribution is 5.10. The van der Waals surface area contributed by atoms with E-state index in [9.17, 15) is 48.3 Å². The van der Waals surface area contributed by atoms with E-state index in [0.717, 1.165) is 0 Å². The van der Waals surface area contributed by atoms with Crippen LogP contribution in [0.1, 0.15) is 0 Å². The van der Waals surface area contributed by atoms with Crippen molar-refractivity contribution in [1.29, 1.82) is 0 Å². The van der Waals surface area contributed by atoms with E-state index in [0.29, 0.717) is 0 Å². The van der Waals surface area contributed by atoms with Crippen LogP contribution in [0.3, 0.4) is 0 Å². The van der Waals surface area contributed by atoms with Crippen LogP contribution in [0.4, 0.5) is 48.3 Å². The number of alkyl halides is 8. The molecule has 17 heavy (non-hydrogen) atoms. The van der Waals surface area contributed by atoms with Crippen LogP contribution in [0.15, 0.2) is 0 Å². The van der Waals surface area contributed by atoms with Gasteiger partial charge in [0.25, 0.3) is 0 Å². The predicted octanol–water partition coefficient (Wildman–Crippen LogP) is 4.09. The summed E-state index contributed by atoms with van der Waals surface area (Å²) >= 11 is 0. The molecule has 11 heteroatoms. The Morgan fingerprint density at radius 1 is 0.706 bits per heavy atom. The summed E-state index contributed by atoms with van der Waals surface area (Å²) in [5.41, 5.74) is 0. The van der Waals surface area contributed by atoms with Crippen molar-refractivity contribution in [3.63, 3.8) is 0 Å². The van der Waals surface area contributed by atoms with Crippen LogP contribution in [0.5, 0.6) is 0 Å². The monoisotopic (exact) mass is 282 g/mol. The molecule has 0 aliphatic heterocycles. The van der Waals surface area contributed by atoms with E-state index in [-0.39, 0.29) is 0 Å². The van der Waals surface area contributed by atoms with Gasteiger partial charge in [0.05, 0.1) is 0 Å². The molecule has 0 saturated carbocycles. The minimum absolute atomic E-state index is 2.28. The smallest absolute Gasteiger partial charge is 0.237 e. The Labute approximate surface area is 86.4 Å². The Morgan fingerprint density at radius 2 is 1.06 bits per heavy atom. The second-order valence-corrected chi connectivity index (χ2v) is 2.72. The van der Waals surface area contributed by atoms with Crippen LogP contribution < -0.4 is 0 Å². The average Bonchev–Trinajstić information content (AvgIpc) is 2.16. The van der Waals surface area contributed by atoms with E-state index in [4.69, 9.17) is 0 Å². The molecule has 0 fully saturated rings. The number of hydrogen-bond donors (Lipinski definition) is 0. The van der Waals surface area contributed by atoms with Gasteiger partial charge < -0.3 is 0 Å². The van der Waals surface area contributed by atoms with Gasteiger partial charge in [-0.3, -0.25) is 0 Å². The van der Waals surface area contributed by atoms with Crippen LogP contribution in [0.2, 0.25) is 0 Å². The summed E-state index contributed by atoms with van der Waals surface area (Å²) in [7, 11) is 0. The fourth-order valence-electron chi connectivity index (χ4n) is 0.594. The summed E-state index contributed by atoms with van der Waals surface area (Å²) in [6.07, 6.45) is -4.50. The number of rotatable bonds is 5. The molecular weight excluding hydrogens is 281 g/mol. The third-order valence-electron chi connectivity index (χ3n) is 1.58. The fraction of sp³-hybridized carbons (Fsp3) is 0.667. The van der Waals surface area contributed by atoms with Crippen molar-refractivity contribution in [3.05, 3.63) is 13.1 Å². The molecule has 0 aromatic carbocycles. The lowest BCUT2D eigenvalue weighted by molar-refractivity contribution is -0.366. The minimum atomic E-state index is -7.18. The van der Waals surface area contributed by atoms with Gasteiger partial charge >= 0.3 is 30.1 Å². The summed E-state index contributed by atoms with van der Waals surface area (Å²) in [5, 5.41) is 0. The van der Waals surface area contributed by atoms with Crippen LogP contribution in [-0.4, -0.2) is 23.7 Å². The lowest BCUT2D eigenvalue weighted by Crippen LogP contribution is -2.62. The van der Waals surface area contributed by atoms with Crippen LogP contribution >= 0.6 is 0 Å². The standard InChI is InChI=1S/C6HF11/c7-1-3(10,11)5(14,15)6(16,17)4(12,13)2(8)9/h1H. The lowest BCUT2D eigenvalue weighted by Gasteiger charge is -2.34. The van der Waals surface area contributed by atoms with Crippen molar-refractivity contribution in [2.75, 3.05) is 0 Å². The zero-order chi connectivity index (χ0) is 14.3. The molecule has 0 saturated heterocycles. The molecule has 0 N–H and O–H groups in total. The minimum Gasteiger partial charge on any atom is -0.237 e. The molecule has 0 aromatic rings. The van der Waals surface area contributed by atoms with Crippen LogP contribution in [0, 0.1) is 13.1 Å². The molecule has 0 aliphatic carbocycles. The van der Waals surface area contributed by atoms with E-state index in [1.807, 2.05) is 0 Å². The third-order valence-corrected chi connectivity index (χ3v) is 1.58. The van der Waals surface area contributed by atoms with Gasteiger partial charge in [-0.25, -0.2) is 4.39 Å². The van der Waals surface area contributed by atoms with Gasteiger partial charge in [-0.05, 0) is 0 Å². The summed E-state index contributed by atoms with van der Waals surface area (Å²) in [4.78, 5) is 0. The molecule has 0 aromatic heterocycles. The Morgan fingerprint density at radius 3 is 1.29 bits per heavy atom. The van der Waals surface area contributed by atoms with Crippen LogP contribution in [-0.2, 0) is 0 Å². The van der Waals surface area contributed by atoms with E-state index in [2.05, 4.69) is 0 Å². The quantitative estimate of drug-likeness (QED) is 0.666. The molecule has 0 nitrogen and oxygen atoms in total. The molecule has 0 amide bonds. The molecule has 0 atom stereocenters. The largest absolute Gasteiger partial charge is 0.385 e. The molecule has 102 valence electrons. The Kier molecular flexibility index (Phi) is 3.97. The second kappa shape index (κ2) is 4.16. The van der Waals surface area contributed by atoms with Gasteiger partial charge in [-0.15, -0.1) is 0 Å². The maximum Gasteiger partial charge on any atom is 0.385 e. The topological polar surface area (TPSA) is 0 Å². The highest BCUT2D eigenvalue weighted by atomic mass is 19.4. The van der Waals surface area contributed by atoms with E-state index in [1.165, 1.54) is 0 Å². The SMILES string of the molecule is F[CH]C(F)(F)C(F)(F)C(F)(F)C(F)(F)[C](F)F. The van der Waals surface area contributed by atoms with Gasteiger partial charge in [0, 0.05) is 0 Å². The van der Waals surface area contributed by atoms with E-state index in [1.54, 1.807) is 0 Å². The van der Waals surface area contributed by atoms with Crippen molar-refractivity contribution >= 4 is 0 Å². The molecule has 0 bridgehead atoms. The van der Waals surface area contributed by atoms with Crippen molar-refractivity contribution in [2.45, 2.75) is 23.7 Å². The van der Waals surface area contributed by atoms with Crippen molar-refractivity contribution in [1.82, 2.24) is 0 Å². The molecule has 0 rings (SSSR count). The lowest BCUT2D eigenvalue weighted by atomic mass is 9.99. The molecule has 0 aliphatic rings. The Hall–Kier alpha value is -0.770. The highest BCUT2D eigenvalue weighted by Gasteiger charge is 2.83.